The van der Waals surface area contributed by atoms with Gasteiger partial charge >= 0.3 is 0 Å². The van der Waals surface area contributed by atoms with Gasteiger partial charge in [-0.05, 0) is 44.7 Å². The van der Waals surface area contributed by atoms with Crippen molar-refractivity contribution in [1.29, 1.82) is 0 Å². The summed E-state index contributed by atoms with van der Waals surface area (Å²) in [5, 5.41) is 3.27. The van der Waals surface area contributed by atoms with Crippen molar-refractivity contribution in [3.63, 3.8) is 0 Å². The average Bonchev–Trinajstić information content (AvgIpc) is 2.48. The van der Waals surface area contributed by atoms with Crippen molar-refractivity contribution in [2.24, 2.45) is 5.92 Å². The van der Waals surface area contributed by atoms with Crippen LogP contribution in [0.5, 0.6) is 0 Å². The molecular formula is C16H25N3. The second-order valence-corrected chi connectivity index (χ2v) is 5.96. The van der Waals surface area contributed by atoms with Crippen molar-refractivity contribution in [1.82, 2.24) is 10.3 Å². The molecule has 1 N–H and O–H groups in total. The van der Waals surface area contributed by atoms with E-state index in [0.29, 0.717) is 0 Å². The Bertz CT molecular complexity index is 416. The highest BCUT2D eigenvalue weighted by Crippen LogP contribution is 2.37. The number of pyridine rings is 1. The molecular weight excluding hydrogens is 234 g/mol. The van der Waals surface area contributed by atoms with E-state index in [2.05, 4.69) is 22.3 Å². The minimum absolute atomic E-state index is 0.744. The zero-order chi connectivity index (χ0) is 13.1. The van der Waals surface area contributed by atoms with Crippen LogP contribution in [0.15, 0.2) is 18.3 Å². The van der Waals surface area contributed by atoms with Crippen molar-refractivity contribution in [3.8, 4) is 0 Å². The Balaban J connectivity index is 1.87. The summed E-state index contributed by atoms with van der Waals surface area (Å²) in [5.41, 5.74) is 1.34. The molecule has 104 valence electrons. The third-order valence-corrected chi connectivity index (χ3v) is 4.75. The molecule has 2 unspecified atom stereocenters. The molecule has 3 nitrogen and oxygen atoms in total. The van der Waals surface area contributed by atoms with Crippen molar-refractivity contribution in [2.75, 3.05) is 18.5 Å². The molecule has 0 amide bonds. The first-order valence-corrected chi connectivity index (χ1v) is 7.75. The molecule has 0 radical (unpaired) electrons. The smallest absolute Gasteiger partial charge is 0.133 e. The van der Waals surface area contributed by atoms with Crippen LogP contribution in [0.25, 0.3) is 0 Å². The molecule has 3 rings (SSSR count). The minimum atomic E-state index is 0.744. The molecule has 1 aromatic rings. The Kier molecular flexibility index (Phi) is 4.02. The molecule has 3 heteroatoms. The SMILES string of the molecule is CNCc1cccnc1N1CCCC2CCCCC21. The maximum absolute atomic E-state index is 4.70. The number of nitrogens with one attached hydrogen (secondary N) is 1. The van der Waals surface area contributed by atoms with Gasteiger partial charge in [0.15, 0.2) is 0 Å². The van der Waals surface area contributed by atoms with Gasteiger partial charge in [0.1, 0.15) is 5.82 Å². The summed E-state index contributed by atoms with van der Waals surface area (Å²) < 4.78 is 0. The Morgan fingerprint density at radius 3 is 3.00 bits per heavy atom. The van der Waals surface area contributed by atoms with Gasteiger partial charge < -0.3 is 10.2 Å². The highest BCUT2D eigenvalue weighted by atomic mass is 15.2. The number of aromatic nitrogens is 1. The highest BCUT2D eigenvalue weighted by molar-refractivity contribution is 5.48. The van der Waals surface area contributed by atoms with Gasteiger partial charge in [-0.25, -0.2) is 4.98 Å². The van der Waals surface area contributed by atoms with Crippen LogP contribution < -0.4 is 10.2 Å². The summed E-state index contributed by atoms with van der Waals surface area (Å²) in [6, 6.07) is 5.01. The predicted molar refractivity (Wildman–Crippen MR) is 79.3 cm³/mol. The molecule has 19 heavy (non-hydrogen) atoms. The van der Waals surface area contributed by atoms with E-state index in [4.69, 9.17) is 4.98 Å². The van der Waals surface area contributed by atoms with Gasteiger partial charge in [0.05, 0.1) is 0 Å². The number of anilines is 1. The van der Waals surface area contributed by atoms with Crippen molar-refractivity contribution in [2.45, 2.75) is 51.1 Å². The third kappa shape index (κ3) is 2.62. The van der Waals surface area contributed by atoms with E-state index >= 15 is 0 Å². The Labute approximate surface area is 116 Å². The number of hydrogen-bond acceptors (Lipinski definition) is 3. The lowest BCUT2D eigenvalue weighted by molar-refractivity contribution is 0.242. The van der Waals surface area contributed by atoms with E-state index in [9.17, 15) is 0 Å². The fourth-order valence-corrected chi connectivity index (χ4v) is 3.91. The minimum Gasteiger partial charge on any atom is -0.353 e. The summed E-state index contributed by atoms with van der Waals surface area (Å²) in [6.07, 6.45) is 10.3. The lowest BCUT2D eigenvalue weighted by atomic mass is 9.78. The van der Waals surface area contributed by atoms with E-state index < -0.39 is 0 Å². The van der Waals surface area contributed by atoms with Crippen LogP contribution in [0.3, 0.4) is 0 Å². The number of fused-ring (bicyclic) bond motifs is 1. The maximum atomic E-state index is 4.70. The summed E-state index contributed by atoms with van der Waals surface area (Å²) in [5.74, 6) is 2.14. The Morgan fingerprint density at radius 2 is 2.11 bits per heavy atom. The normalized spacial score (nSPS) is 27.1. The zero-order valence-electron chi connectivity index (χ0n) is 11.9. The van der Waals surface area contributed by atoms with Gasteiger partial charge in [-0.15, -0.1) is 0 Å². The van der Waals surface area contributed by atoms with Crippen LogP contribution >= 0.6 is 0 Å². The molecule has 0 aromatic carbocycles. The third-order valence-electron chi connectivity index (χ3n) is 4.75. The largest absolute Gasteiger partial charge is 0.353 e. The van der Waals surface area contributed by atoms with Gasteiger partial charge in [0.2, 0.25) is 0 Å². The molecule has 1 aliphatic carbocycles. The van der Waals surface area contributed by atoms with Crippen molar-refractivity contribution >= 4 is 5.82 Å². The number of nitrogens with zero attached hydrogens (tertiary/aromatic N) is 2. The molecule has 1 aliphatic heterocycles. The predicted octanol–water partition coefficient (Wildman–Crippen LogP) is 2.96. The molecule has 2 aliphatic rings. The molecule has 2 heterocycles. The second kappa shape index (κ2) is 5.91. The van der Waals surface area contributed by atoms with Gasteiger partial charge in [0, 0.05) is 30.9 Å². The van der Waals surface area contributed by atoms with Gasteiger partial charge in [-0.3, -0.25) is 0 Å². The van der Waals surface area contributed by atoms with E-state index in [0.717, 1.165) is 18.5 Å². The van der Waals surface area contributed by atoms with Crippen LogP contribution in [0.1, 0.15) is 44.1 Å². The van der Waals surface area contributed by atoms with Gasteiger partial charge in [-0.1, -0.05) is 18.9 Å². The van der Waals surface area contributed by atoms with Gasteiger partial charge in [0.25, 0.3) is 0 Å². The average molecular weight is 259 g/mol. The van der Waals surface area contributed by atoms with Crippen LogP contribution in [-0.2, 0) is 6.54 Å². The molecule has 0 bridgehead atoms. The topological polar surface area (TPSA) is 28.2 Å². The van der Waals surface area contributed by atoms with Crippen LogP contribution in [0, 0.1) is 5.92 Å². The zero-order valence-corrected chi connectivity index (χ0v) is 11.9. The summed E-state index contributed by atoms with van der Waals surface area (Å²) >= 11 is 0. The summed E-state index contributed by atoms with van der Waals surface area (Å²) in [6.45, 7) is 2.10. The monoisotopic (exact) mass is 259 g/mol. The summed E-state index contributed by atoms with van der Waals surface area (Å²) in [4.78, 5) is 7.31. The lowest BCUT2D eigenvalue weighted by Crippen LogP contribution is -2.47. The van der Waals surface area contributed by atoms with Crippen LogP contribution in [0.2, 0.25) is 0 Å². The van der Waals surface area contributed by atoms with E-state index in [1.807, 2.05) is 13.2 Å². The highest BCUT2D eigenvalue weighted by Gasteiger charge is 2.34. The number of rotatable bonds is 3. The Hall–Kier alpha value is -1.09. The number of piperidine rings is 1. The van der Waals surface area contributed by atoms with Crippen LogP contribution in [-0.4, -0.2) is 24.6 Å². The van der Waals surface area contributed by atoms with Gasteiger partial charge in [-0.2, -0.15) is 0 Å². The van der Waals surface area contributed by atoms with E-state index in [1.54, 1.807) is 0 Å². The first-order valence-electron chi connectivity index (χ1n) is 7.75. The first-order chi connectivity index (χ1) is 9.40. The molecule has 0 spiro atoms. The Morgan fingerprint density at radius 1 is 1.26 bits per heavy atom. The standard InChI is InChI=1S/C16H25N3/c1-17-12-14-7-4-10-18-16(14)19-11-5-8-13-6-2-3-9-15(13)19/h4,7,10,13,15,17H,2-3,5-6,8-9,11-12H2,1H3. The van der Waals surface area contributed by atoms with Crippen molar-refractivity contribution < 1.29 is 0 Å². The fourth-order valence-electron chi connectivity index (χ4n) is 3.91. The lowest BCUT2D eigenvalue weighted by Gasteiger charge is -2.45. The maximum Gasteiger partial charge on any atom is 0.133 e. The quantitative estimate of drug-likeness (QED) is 0.904. The van der Waals surface area contributed by atoms with E-state index in [-0.39, 0.29) is 0 Å². The summed E-state index contributed by atoms with van der Waals surface area (Å²) in [7, 11) is 2.01. The molecule has 2 fully saturated rings. The van der Waals surface area contributed by atoms with Crippen LogP contribution in [0.4, 0.5) is 5.82 Å². The molecule has 2 atom stereocenters. The van der Waals surface area contributed by atoms with E-state index in [1.165, 1.54) is 56.5 Å². The fraction of sp³-hybridized carbons (Fsp3) is 0.688. The first kappa shape index (κ1) is 12.9. The van der Waals surface area contributed by atoms with Crippen molar-refractivity contribution in [3.05, 3.63) is 23.9 Å². The number of hydrogen-bond donors (Lipinski definition) is 1. The second-order valence-electron chi connectivity index (χ2n) is 5.96. The molecule has 1 aromatic heterocycles. The molecule has 1 saturated heterocycles. The molecule has 1 saturated carbocycles.